The van der Waals surface area contributed by atoms with Crippen LogP contribution in [0.5, 0.6) is 0 Å². The number of aromatic nitrogens is 2. The van der Waals surface area contributed by atoms with E-state index in [1.165, 1.54) is 10.6 Å². The molecule has 0 amide bonds. The first kappa shape index (κ1) is 17.6. The Labute approximate surface area is 153 Å². The van der Waals surface area contributed by atoms with Crippen LogP contribution in [0.1, 0.15) is 26.3 Å². The molecule has 1 heterocycles. The van der Waals surface area contributed by atoms with Gasteiger partial charge in [-0.1, -0.05) is 22.0 Å². The standard InChI is InChI=1S/C19H18BrFN2O2/c1-11-5-8-16-15(9-11)22-17(13-10-12(20)6-7-14(13)21)23(16)18(24)25-19(2,3)4/h5-10H,1-4H3. The van der Waals surface area contributed by atoms with Crippen LogP contribution >= 0.6 is 15.9 Å². The SMILES string of the molecule is Cc1ccc2c(c1)nc(-c1cc(Br)ccc1F)n2C(=O)OC(C)(C)C. The average molecular weight is 405 g/mol. The summed E-state index contributed by atoms with van der Waals surface area (Å²) in [5.74, 6) is -0.242. The number of halogens is 2. The normalized spacial score (nSPS) is 11.8. The number of fused-ring (bicyclic) bond motifs is 1. The zero-order valence-electron chi connectivity index (χ0n) is 14.4. The van der Waals surface area contributed by atoms with Gasteiger partial charge in [0.05, 0.1) is 16.6 Å². The largest absolute Gasteiger partial charge is 0.443 e. The molecular formula is C19H18BrFN2O2. The molecule has 0 saturated carbocycles. The number of nitrogens with zero attached hydrogens (tertiary/aromatic N) is 2. The number of imidazole rings is 1. The first-order valence-electron chi connectivity index (χ1n) is 7.83. The maximum Gasteiger partial charge on any atom is 0.420 e. The van der Waals surface area contributed by atoms with Crippen LogP contribution in [0, 0.1) is 12.7 Å². The van der Waals surface area contributed by atoms with Crippen molar-refractivity contribution in [3.8, 4) is 11.4 Å². The van der Waals surface area contributed by atoms with Gasteiger partial charge in [-0.15, -0.1) is 0 Å². The highest BCUT2D eigenvalue weighted by molar-refractivity contribution is 9.10. The van der Waals surface area contributed by atoms with Crippen LogP contribution in [0.2, 0.25) is 0 Å². The Hall–Kier alpha value is -2.21. The fourth-order valence-corrected chi connectivity index (χ4v) is 2.89. The summed E-state index contributed by atoms with van der Waals surface area (Å²) in [5.41, 5.74) is 1.75. The van der Waals surface area contributed by atoms with Crippen molar-refractivity contribution in [1.82, 2.24) is 9.55 Å². The highest BCUT2D eigenvalue weighted by atomic mass is 79.9. The van der Waals surface area contributed by atoms with E-state index in [-0.39, 0.29) is 11.4 Å². The van der Waals surface area contributed by atoms with Gasteiger partial charge in [0.25, 0.3) is 0 Å². The number of hydrogen-bond donors (Lipinski definition) is 0. The van der Waals surface area contributed by atoms with E-state index in [1.807, 2.05) is 19.1 Å². The monoisotopic (exact) mass is 404 g/mol. The van der Waals surface area contributed by atoms with Crippen LogP contribution < -0.4 is 0 Å². The van der Waals surface area contributed by atoms with Gasteiger partial charge in [0.1, 0.15) is 11.4 Å². The maximum atomic E-state index is 14.4. The van der Waals surface area contributed by atoms with Gasteiger partial charge >= 0.3 is 6.09 Å². The zero-order valence-corrected chi connectivity index (χ0v) is 16.0. The van der Waals surface area contributed by atoms with Crippen molar-refractivity contribution in [1.29, 1.82) is 0 Å². The van der Waals surface area contributed by atoms with E-state index < -0.39 is 17.5 Å². The molecule has 3 aromatic rings. The summed E-state index contributed by atoms with van der Waals surface area (Å²) in [6, 6.07) is 10.1. The Morgan fingerprint density at radius 3 is 2.60 bits per heavy atom. The molecular weight excluding hydrogens is 387 g/mol. The Morgan fingerprint density at radius 2 is 1.92 bits per heavy atom. The summed E-state index contributed by atoms with van der Waals surface area (Å²) in [5, 5.41) is 0. The van der Waals surface area contributed by atoms with Crippen LogP contribution in [0.15, 0.2) is 40.9 Å². The fourth-order valence-electron chi connectivity index (χ4n) is 2.53. The molecule has 0 aliphatic carbocycles. The highest BCUT2D eigenvalue weighted by Crippen LogP contribution is 2.30. The molecule has 0 radical (unpaired) electrons. The van der Waals surface area contributed by atoms with E-state index in [1.54, 1.807) is 39.0 Å². The third-order valence-corrected chi connectivity index (χ3v) is 4.05. The lowest BCUT2D eigenvalue weighted by Crippen LogP contribution is -2.27. The molecule has 0 bridgehead atoms. The molecule has 25 heavy (non-hydrogen) atoms. The fraction of sp³-hybridized carbons (Fsp3) is 0.263. The summed E-state index contributed by atoms with van der Waals surface area (Å²) in [4.78, 5) is 17.3. The summed E-state index contributed by atoms with van der Waals surface area (Å²) >= 11 is 3.34. The highest BCUT2D eigenvalue weighted by Gasteiger charge is 2.25. The van der Waals surface area contributed by atoms with Gasteiger partial charge in [-0.25, -0.2) is 18.7 Å². The van der Waals surface area contributed by atoms with E-state index in [0.717, 1.165) is 5.56 Å². The summed E-state index contributed by atoms with van der Waals surface area (Å²) in [6.45, 7) is 7.29. The van der Waals surface area contributed by atoms with Crippen LogP contribution in [0.3, 0.4) is 0 Å². The van der Waals surface area contributed by atoms with Crippen LogP contribution in [-0.4, -0.2) is 21.2 Å². The minimum atomic E-state index is -0.675. The molecule has 0 fully saturated rings. The Kier molecular flexibility index (Phi) is 4.41. The van der Waals surface area contributed by atoms with Gasteiger partial charge in [0.15, 0.2) is 5.82 Å². The lowest BCUT2D eigenvalue weighted by Gasteiger charge is -2.20. The van der Waals surface area contributed by atoms with Crippen LogP contribution in [0.25, 0.3) is 22.4 Å². The molecule has 4 nitrogen and oxygen atoms in total. The van der Waals surface area contributed by atoms with Gasteiger partial charge in [-0.3, -0.25) is 0 Å². The predicted octanol–water partition coefficient (Wildman–Crippen LogP) is 5.70. The Bertz CT molecular complexity index is 973. The molecule has 2 aromatic carbocycles. The molecule has 130 valence electrons. The lowest BCUT2D eigenvalue weighted by molar-refractivity contribution is 0.0546. The second kappa shape index (κ2) is 6.26. The van der Waals surface area contributed by atoms with Gasteiger partial charge in [-0.2, -0.15) is 0 Å². The first-order chi connectivity index (χ1) is 11.7. The van der Waals surface area contributed by atoms with Crippen LogP contribution in [-0.2, 0) is 4.74 Å². The molecule has 3 rings (SSSR count). The zero-order chi connectivity index (χ0) is 18.4. The molecule has 0 aliphatic heterocycles. The van der Waals surface area contributed by atoms with Crippen molar-refractivity contribution in [2.24, 2.45) is 0 Å². The number of benzene rings is 2. The number of aryl methyl sites for hydroxylation is 1. The van der Waals surface area contributed by atoms with E-state index >= 15 is 0 Å². The molecule has 0 N–H and O–H groups in total. The molecule has 1 aromatic heterocycles. The third kappa shape index (κ3) is 3.58. The van der Waals surface area contributed by atoms with Gasteiger partial charge in [-0.05, 0) is 63.6 Å². The van der Waals surface area contributed by atoms with Crippen LogP contribution in [0.4, 0.5) is 9.18 Å². The van der Waals surface area contributed by atoms with Crippen molar-refractivity contribution in [2.45, 2.75) is 33.3 Å². The number of carbonyl (C=O) groups is 1. The van der Waals surface area contributed by atoms with E-state index in [2.05, 4.69) is 20.9 Å². The van der Waals surface area contributed by atoms with E-state index in [0.29, 0.717) is 15.5 Å². The molecule has 0 aliphatic rings. The predicted molar refractivity (Wildman–Crippen MR) is 99.2 cm³/mol. The van der Waals surface area contributed by atoms with Crippen molar-refractivity contribution < 1.29 is 13.9 Å². The van der Waals surface area contributed by atoms with Crippen molar-refractivity contribution in [2.75, 3.05) is 0 Å². The average Bonchev–Trinajstić information content (AvgIpc) is 2.86. The van der Waals surface area contributed by atoms with Crippen molar-refractivity contribution in [3.05, 3.63) is 52.3 Å². The van der Waals surface area contributed by atoms with E-state index in [4.69, 9.17) is 4.74 Å². The summed E-state index contributed by atoms with van der Waals surface area (Å²) in [6.07, 6.45) is -0.590. The Morgan fingerprint density at radius 1 is 1.20 bits per heavy atom. The number of ether oxygens (including phenoxy) is 1. The van der Waals surface area contributed by atoms with Crippen molar-refractivity contribution >= 4 is 33.1 Å². The summed E-state index contributed by atoms with van der Waals surface area (Å²) < 4.78 is 21.9. The quantitative estimate of drug-likeness (QED) is 0.522. The second-order valence-electron chi connectivity index (χ2n) is 6.87. The topological polar surface area (TPSA) is 44.1 Å². The number of carbonyl (C=O) groups excluding carboxylic acids is 1. The first-order valence-corrected chi connectivity index (χ1v) is 8.63. The lowest BCUT2D eigenvalue weighted by atomic mass is 10.2. The summed E-state index contributed by atoms with van der Waals surface area (Å²) in [7, 11) is 0. The second-order valence-corrected chi connectivity index (χ2v) is 7.78. The molecule has 0 saturated heterocycles. The smallest absolute Gasteiger partial charge is 0.420 e. The van der Waals surface area contributed by atoms with E-state index in [9.17, 15) is 9.18 Å². The minimum Gasteiger partial charge on any atom is -0.443 e. The molecule has 6 heteroatoms. The number of hydrogen-bond acceptors (Lipinski definition) is 3. The number of rotatable bonds is 1. The Balaban J connectivity index is 2.29. The van der Waals surface area contributed by atoms with Gasteiger partial charge in [0, 0.05) is 4.47 Å². The van der Waals surface area contributed by atoms with Crippen molar-refractivity contribution in [3.63, 3.8) is 0 Å². The van der Waals surface area contributed by atoms with Gasteiger partial charge < -0.3 is 4.74 Å². The molecule has 0 spiro atoms. The third-order valence-electron chi connectivity index (χ3n) is 3.56. The minimum absolute atomic E-state index is 0.216. The van der Waals surface area contributed by atoms with Gasteiger partial charge in [0.2, 0.25) is 0 Å². The molecule has 0 atom stereocenters. The maximum absolute atomic E-state index is 14.4. The molecule has 0 unspecified atom stereocenters.